The van der Waals surface area contributed by atoms with Gasteiger partial charge in [0.2, 0.25) is 0 Å². The minimum absolute atomic E-state index is 0.0955. The number of carboxylic acid groups (broad SMARTS) is 1. The molecule has 106 valence electrons. The predicted molar refractivity (Wildman–Crippen MR) is 76.5 cm³/mol. The minimum atomic E-state index is -0.813. The van der Waals surface area contributed by atoms with Crippen LogP contribution in [0, 0.1) is 11.2 Å². The van der Waals surface area contributed by atoms with Crippen molar-refractivity contribution in [3.8, 4) is 0 Å². The van der Waals surface area contributed by atoms with Crippen LogP contribution >= 0.6 is 15.9 Å². The van der Waals surface area contributed by atoms with Crippen molar-refractivity contribution in [3.63, 3.8) is 0 Å². The summed E-state index contributed by atoms with van der Waals surface area (Å²) in [5.74, 6) is -1.06. The molecule has 1 rings (SSSR count). The Hall–Kier alpha value is -0.940. The quantitative estimate of drug-likeness (QED) is 0.866. The molecule has 19 heavy (non-hydrogen) atoms. The third-order valence-corrected chi connectivity index (χ3v) is 3.27. The summed E-state index contributed by atoms with van der Waals surface area (Å²) in [5.41, 5.74) is 0.256. The maximum Gasteiger partial charge on any atom is 0.303 e. The lowest BCUT2D eigenvalue weighted by Crippen LogP contribution is -2.33. The Morgan fingerprint density at radius 1 is 1.47 bits per heavy atom. The van der Waals surface area contributed by atoms with Gasteiger partial charge in [-0.05, 0) is 30.7 Å². The first-order valence-corrected chi connectivity index (χ1v) is 6.83. The molecule has 1 N–H and O–H groups in total. The molecule has 0 bridgehead atoms. The number of benzene rings is 1. The number of aliphatic carboxylic acids is 1. The zero-order chi connectivity index (χ0) is 14.6. The fraction of sp³-hybridized carbons (Fsp3) is 0.500. The first-order chi connectivity index (χ1) is 8.69. The topological polar surface area (TPSA) is 40.5 Å². The molecule has 0 atom stereocenters. The Morgan fingerprint density at radius 3 is 2.68 bits per heavy atom. The third kappa shape index (κ3) is 5.70. The standard InChI is InChI=1S/C14H19BrFNO2/c1-14(2,7-13(18)19)9-17(3)8-10-6-11(15)4-5-12(10)16/h4-6H,7-9H2,1-3H3,(H,18,19). The Kier molecular flexibility index (Phi) is 5.50. The fourth-order valence-corrected chi connectivity index (χ4v) is 2.62. The fourth-order valence-electron chi connectivity index (χ4n) is 2.21. The molecule has 0 fully saturated rings. The van der Waals surface area contributed by atoms with Crippen molar-refractivity contribution < 1.29 is 14.3 Å². The molecule has 0 saturated carbocycles. The van der Waals surface area contributed by atoms with Crippen LogP contribution in [0.4, 0.5) is 4.39 Å². The molecule has 0 aliphatic carbocycles. The maximum absolute atomic E-state index is 13.6. The third-order valence-electron chi connectivity index (χ3n) is 2.78. The van der Waals surface area contributed by atoms with Crippen molar-refractivity contribution in [2.75, 3.05) is 13.6 Å². The van der Waals surface area contributed by atoms with E-state index >= 15 is 0 Å². The highest BCUT2D eigenvalue weighted by Crippen LogP contribution is 2.23. The molecule has 3 nitrogen and oxygen atoms in total. The second-order valence-corrected chi connectivity index (χ2v) is 6.56. The summed E-state index contributed by atoms with van der Waals surface area (Å²) < 4.78 is 14.5. The van der Waals surface area contributed by atoms with Crippen LogP contribution in [0.25, 0.3) is 0 Å². The highest BCUT2D eigenvalue weighted by molar-refractivity contribution is 9.10. The lowest BCUT2D eigenvalue weighted by atomic mass is 9.89. The number of hydrogen-bond acceptors (Lipinski definition) is 2. The average molecular weight is 332 g/mol. The lowest BCUT2D eigenvalue weighted by molar-refractivity contribution is -0.139. The van der Waals surface area contributed by atoms with E-state index in [2.05, 4.69) is 15.9 Å². The molecular weight excluding hydrogens is 313 g/mol. The van der Waals surface area contributed by atoms with Gasteiger partial charge >= 0.3 is 5.97 Å². The summed E-state index contributed by atoms with van der Waals surface area (Å²) in [4.78, 5) is 12.7. The average Bonchev–Trinajstić information content (AvgIpc) is 2.20. The van der Waals surface area contributed by atoms with E-state index in [-0.39, 0.29) is 17.7 Å². The van der Waals surface area contributed by atoms with Gasteiger partial charge in [-0.15, -0.1) is 0 Å². The number of nitrogens with zero attached hydrogens (tertiary/aromatic N) is 1. The molecule has 0 unspecified atom stereocenters. The van der Waals surface area contributed by atoms with Gasteiger partial charge in [0.25, 0.3) is 0 Å². The van der Waals surface area contributed by atoms with Gasteiger partial charge in [-0.3, -0.25) is 4.79 Å². The van der Waals surface area contributed by atoms with Crippen LogP contribution in [0.3, 0.4) is 0 Å². The normalized spacial score (nSPS) is 11.9. The molecular formula is C14H19BrFNO2. The van der Waals surface area contributed by atoms with E-state index in [1.165, 1.54) is 6.07 Å². The van der Waals surface area contributed by atoms with Crippen LogP contribution in [0.1, 0.15) is 25.8 Å². The van der Waals surface area contributed by atoms with Gasteiger partial charge < -0.3 is 10.0 Å². The van der Waals surface area contributed by atoms with Crippen LogP contribution in [0.15, 0.2) is 22.7 Å². The van der Waals surface area contributed by atoms with E-state index in [1.54, 1.807) is 12.1 Å². The Bertz CT molecular complexity index is 463. The molecule has 0 aliphatic heterocycles. The monoisotopic (exact) mass is 331 g/mol. The van der Waals surface area contributed by atoms with Crippen molar-refractivity contribution in [1.82, 2.24) is 4.90 Å². The van der Waals surface area contributed by atoms with Gasteiger partial charge in [0.1, 0.15) is 5.82 Å². The van der Waals surface area contributed by atoms with Gasteiger partial charge in [-0.1, -0.05) is 29.8 Å². The lowest BCUT2D eigenvalue weighted by Gasteiger charge is -2.29. The molecule has 0 spiro atoms. The van der Waals surface area contributed by atoms with E-state index in [9.17, 15) is 9.18 Å². The summed E-state index contributed by atoms with van der Waals surface area (Å²) in [6, 6.07) is 4.83. The first kappa shape index (κ1) is 16.1. The van der Waals surface area contributed by atoms with Crippen molar-refractivity contribution in [1.29, 1.82) is 0 Å². The van der Waals surface area contributed by atoms with Crippen molar-refractivity contribution in [2.45, 2.75) is 26.8 Å². The molecule has 0 aliphatic rings. The Balaban J connectivity index is 2.67. The van der Waals surface area contributed by atoms with Gasteiger partial charge in [0, 0.05) is 23.1 Å². The van der Waals surface area contributed by atoms with E-state index in [0.717, 1.165) is 4.47 Å². The van der Waals surface area contributed by atoms with E-state index in [1.807, 2.05) is 25.8 Å². The van der Waals surface area contributed by atoms with Crippen molar-refractivity contribution in [3.05, 3.63) is 34.1 Å². The van der Waals surface area contributed by atoms with Crippen LogP contribution < -0.4 is 0 Å². The highest BCUT2D eigenvalue weighted by atomic mass is 79.9. The second-order valence-electron chi connectivity index (χ2n) is 5.64. The van der Waals surface area contributed by atoms with Crippen molar-refractivity contribution in [2.24, 2.45) is 5.41 Å². The van der Waals surface area contributed by atoms with Crippen molar-refractivity contribution >= 4 is 21.9 Å². The number of carbonyl (C=O) groups is 1. The Morgan fingerprint density at radius 2 is 2.11 bits per heavy atom. The molecule has 0 aromatic heterocycles. The van der Waals surface area contributed by atoms with Gasteiger partial charge in [-0.25, -0.2) is 4.39 Å². The largest absolute Gasteiger partial charge is 0.481 e. The van der Waals surface area contributed by atoms with Gasteiger partial charge in [-0.2, -0.15) is 0 Å². The minimum Gasteiger partial charge on any atom is -0.481 e. The summed E-state index contributed by atoms with van der Waals surface area (Å²) in [6.07, 6.45) is 0.0955. The number of hydrogen-bond donors (Lipinski definition) is 1. The zero-order valence-electron chi connectivity index (χ0n) is 11.4. The molecule has 1 aromatic carbocycles. The maximum atomic E-state index is 13.6. The van der Waals surface area contributed by atoms with E-state index < -0.39 is 5.97 Å². The summed E-state index contributed by atoms with van der Waals surface area (Å²) >= 11 is 3.32. The van der Waals surface area contributed by atoms with Gasteiger partial charge in [0.15, 0.2) is 0 Å². The molecule has 0 saturated heterocycles. The summed E-state index contributed by atoms with van der Waals surface area (Å²) in [6.45, 7) is 4.84. The molecule has 0 amide bonds. The van der Waals surface area contributed by atoms with Crippen LogP contribution in [-0.2, 0) is 11.3 Å². The number of halogens is 2. The highest BCUT2D eigenvalue weighted by Gasteiger charge is 2.23. The van der Waals surface area contributed by atoms with Crippen LogP contribution in [0.2, 0.25) is 0 Å². The Labute approximate surface area is 121 Å². The SMILES string of the molecule is CN(Cc1cc(Br)ccc1F)CC(C)(C)CC(=O)O. The summed E-state index contributed by atoms with van der Waals surface area (Å²) in [7, 11) is 1.87. The molecule has 5 heteroatoms. The van der Waals surface area contributed by atoms with E-state index in [0.29, 0.717) is 18.7 Å². The first-order valence-electron chi connectivity index (χ1n) is 6.04. The number of rotatable bonds is 6. The zero-order valence-corrected chi connectivity index (χ0v) is 13.0. The molecule has 0 radical (unpaired) electrons. The molecule has 0 heterocycles. The number of carboxylic acids is 1. The molecule has 1 aromatic rings. The van der Waals surface area contributed by atoms with E-state index in [4.69, 9.17) is 5.11 Å². The smallest absolute Gasteiger partial charge is 0.303 e. The van der Waals surface area contributed by atoms with Gasteiger partial charge in [0.05, 0.1) is 6.42 Å². The van der Waals surface area contributed by atoms with Crippen LogP contribution in [0.5, 0.6) is 0 Å². The predicted octanol–water partition coefficient (Wildman–Crippen LogP) is 3.52. The second kappa shape index (κ2) is 6.48. The summed E-state index contributed by atoms with van der Waals surface area (Å²) in [5, 5.41) is 8.85. The van der Waals surface area contributed by atoms with Crippen LogP contribution in [-0.4, -0.2) is 29.6 Å².